The Balaban J connectivity index is 1.35. The van der Waals surface area contributed by atoms with E-state index < -0.39 is 5.60 Å². The SMILES string of the molecule is COc1cccc(CCN2CC3CC(O)(c4cccc(OC)c4)CC3C2)c1. The van der Waals surface area contributed by atoms with E-state index in [-0.39, 0.29) is 0 Å². The molecule has 2 fully saturated rings. The first-order valence-corrected chi connectivity index (χ1v) is 9.82. The van der Waals surface area contributed by atoms with Crippen LogP contribution in [0.1, 0.15) is 24.0 Å². The molecule has 1 heterocycles. The molecule has 4 rings (SSSR count). The lowest BCUT2D eigenvalue weighted by molar-refractivity contribution is 0.0312. The number of nitrogens with zero attached hydrogens (tertiary/aromatic N) is 1. The maximum Gasteiger partial charge on any atom is 0.119 e. The Morgan fingerprint density at radius 2 is 1.59 bits per heavy atom. The Kier molecular flexibility index (Phi) is 5.11. The lowest BCUT2D eigenvalue weighted by atomic mass is 9.90. The van der Waals surface area contributed by atoms with Gasteiger partial charge in [-0.3, -0.25) is 0 Å². The van der Waals surface area contributed by atoms with E-state index in [2.05, 4.69) is 23.1 Å². The van der Waals surface area contributed by atoms with Crippen molar-refractivity contribution in [2.45, 2.75) is 24.9 Å². The van der Waals surface area contributed by atoms with E-state index in [9.17, 15) is 5.11 Å². The van der Waals surface area contributed by atoms with Crippen LogP contribution in [-0.2, 0) is 12.0 Å². The minimum Gasteiger partial charge on any atom is -0.497 e. The van der Waals surface area contributed by atoms with Crippen molar-refractivity contribution in [3.8, 4) is 11.5 Å². The van der Waals surface area contributed by atoms with Crippen molar-refractivity contribution in [1.29, 1.82) is 0 Å². The van der Waals surface area contributed by atoms with Crippen molar-refractivity contribution in [3.63, 3.8) is 0 Å². The van der Waals surface area contributed by atoms with Gasteiger partial charge in [-0.25, -0.2) is 0 Å². The number of hydrogen-bond donors (Lipinski definition) is 1. The van der Waals surface area contributed by atoms with Gasteiger partial charge in [-0.05, 0) is 66.5 Å². The highest BCUT2D eigenvalue weighted by molar-refractivity contribution is 5.33. The van der Waals surface area contributed by atoms with Crippen molar-refractivity contribution < 1.29 is 14.6 Å². The molecule has 1 aliphatic carbocycles. The van der Waals surface area contributed by atoms with Crippen LogP contribution in [-0.4, -0.2) is 43.9 Å². The fourth-order valence-corrected chi connectivity index (χ4v) is 4.90. The van der Waals surface area contributed by atoms with Crippen LogP contribution in [0.15, 0.2) is 48.5 Å². The van der Waals surface area contributed by atoms with Gasteiger partial charge in [-0.1, -0.05) is 24.3 Å². The summed E-state index contributed by atoms with van der Waals surface area (Å²) in [7, 11) is 3.39. The second-order valence-corrected chi connectivity index (χ2v) is 8.05. The second-order valence-electron chi connectivity index (χ2n) is 8.05. The molecule has 0 radical (unpaired) electrons. The average Bonchev–Trinajstić information content (AvgIpc) is 3.22. The standard InChI is InChI=1S/C23H29NO3/c1-26-21-7-3-5-17(11-21)9-10-24-15-18-13-23(25,14-19(18)16-24)20-6-4-8-22(12-20)27-2/h3-8,11-12,18-19,25H,9-10,13-16H2,1-2H3. The van der Waals surface area contributed by atoms with Crippen molar-refractivity contribution in [3.05, 3.63) is 59.7 Å². The van der Waals surface area contributed by atoms with Gasteiger partial charge in [0.15, 0.2) is 0 Å². The number of hydrogen-bond acceptors (Lipinski definition) is 4. The van der Waals surface area contributed by atoms with E-state index in [0.717, 1.165) is 56.0 Å². The van der Waals surface area contributed by atoms with Gasteiger partial charge in [0.25, 0.3) is 0 Å². The molecule has 1 saturated carbocycles. The summed E-state index contributed by atoms with van der Waals surface area (Å²) in [5, 5.41) is 11.3. The summed E-state index contributed by atoms with van der Waals surface area (Å²) in [5.74, 6) is 2.89. The average molecular weight is 367 g/mol. The molecule has 2 aliphatic rings. The zero-order valence-corrected chi connectivity index (χ0v) is 16.2. The largest absolute Gasteiger partial charge is 0.497 e. The van der Waals surface area contributed by atoms with Crippen LogP contribution < -0.4 is 9.47 Å². The summed E-state index contributed by atoms with van der Waals surface area (Å²) in [5.41, 5.74) is 1.61. The molecule has 4 nitrogen and oxygen atoms in total. The highest BCUT2D eigenvalue weighted by Crippen LogP contribution is 2.49. The number of aliphatic hydroxyl groups is 1. The Hall–Kier alpha value is -2.04. The van der Waals surface area contributed by atoms with Gasteiger partial charge in [0.05, 0.1) is 19.8 Å². The molecule has 2 atom stereocenters. The van der Waals surface area contributed by atoms with E-state index in [1.807, 2.05) is 30.3 Å². The van der Waals surface area contributed by atoms with Gasteiger partial charge in [-0.15, -0.1) is 0 Å². The molecular weight excluding hydrogens is 338 g/mol. The molecule has 2 aromatic carbocycles. The van der Waals surface area contributed by atoms with Gasteiger partial charge < -0.3 is 19.5 Å². The molecule has 0 amide bonds. The number of methoxy groups -OCH3 is 2. The van der Waals surface area contributed by atoms with Crippen LogP contribution in [0.4, 0.5) is 0 Å². The van der Waals surface area contributed by atoms with Crippen molar-refractivity contribution >= 4 is 0 Å². The van der Waals surface area contributed by atoms with Crippen molar-refractivity contribution in [2.75, 3.05) is 33.9 Å². The first kappa shape index (κ1) is 18.3. The first-order chi connectivity index (χ1) is 13.1. The monoisotopic (exact) mass is 367 g/mol. The molecule has 0 bridgehead atoms. The molecule has 2 unspecified atom stereocenters. The van der Waals surface area contributed by atoms with Crippen LogP contribution >= 0.6 is 0 Å². The Morgan fingerprint density at radius 1 is 0.963 bits per heavy atom. The second kappa shape index (κ2) is 7.53. The summed E-state index contributed by atoms with van der Waals surface area (Å²) in [6.07, 6.45) is 2.73. The van der Waals surface area contributed by atoms with E-state index in [1.165, 1.54) is 5.56 Å². The predicted octanol–water partition coefficient (Wildman–Crippen LogP) is 3.48. The highest BCUT2D eigenvalue weighted by atomic mass is 16.5. The van der Waals surface area contributed by atoms with Crippen molar-refractivity contribution in [2.24, 2.45) is 11.8 Å². The fourth-order valence-electron chi connectivity index (χ4n) is 4.90. The van der Waals surface area contributed by atoms with Crippen LogP contribution in [0.25, 0.3) is 0 Å². The first-order valence-electron chi connectivity index (χ1n) is 9.82. The third kappa shape index (κ3) is 3.83. The lowest BCUT2D eigenvalue weighted by Crippen LogP contribution is -2.29. The summed E-state index contributed by atoms with van der Waals surface area (Å²) < 4.78 is 10.7. The predicted molar refractivity (Wildman–Crippen MR) is 106 cm³/mol. The van der Waals surface area contributed by atoms with E-state index in [4.69, 9.17) is 9.47 Å². The van der Waals surface area contributed by atoms with Crippen LogP contribution in [0.2, 0.25) is 0 Å². The Labute approximate surface area is 161 Å². The molecule has 144 valence electrons. The zero-order valence-electron chi connectivity index (χ0n) is 16.2. The van der Waals surface area contributed by atoms with Gasteiger partial charge >= 0.3 is 0 Å². The molecule has 1 N–H and O–H groups in total. The van der Waals surface area contributed by atoms with Crippen LogP contribution in [0.3, 0.4) is 0 Å². The molecule has 2 aromatic rings. The normalized spacial score (nSPS) is 27.5. The van der Waals surface area contributed by atoms with Gasteiger partial charge in [-0.2, -0.15) is 0 Å². The van der Waals surface area contributed by atoms with Crippen LogP contribution in [0.5, 0.6) is 11.5 Å². The van der Waals surface area contributed by atoms with Crippen LogP contribution in [0, 0.1) is 11.8 Å². The zero-order chi connectivity index (χ0) is 18.9. The van der Waals surface area contributed by atoms with E-state index in [0.29, 0.717) is 11.8 Å². The molecular formula is C23H29NO3. The van der Waals surface area contributed by atoms with E-state index in [1.54, 1.807) is 14.2 Å². The van der Waals surface area contributed by atoms with Gasteiger partial charge in [0.1, 0.15) is 11.5 Å². The minimum atomic E-state index is -0.706. The third-order valence-electron chi connectivity index (χ3n) is 6.31. The number of benzene rings is 2. The molecule has 4 heteroatoms. The third-order valence-corrected chi connectivity index (χ3v) is 6.31. The number of likely N-dealkylation sites (tertiary alicyclic amines) is 1. The Morgan fingerprint density at radius 3 is 2.26 bits per heavy atom. The maximum absolute atomic E-state index is 11.3. The summed E-state index contributed by atoms with van der Waals surface area (Å²) >= 11 is 0. The maximum atomic E-state index is 11.3. The summed E-state index contributed by atoms with van der Waals surface area (Å²) in [6.45, 7) is 3.24. The van der Waals surface area contributed by atoms with Gasteiger partial charge in [0.2, 0.25) is 0 Å². The number of rotatable bonds is 6. The molecule has 1 aliphatic heterocycles. The van der Waals surface area contributed by atoms with E-state index >= 15 is 0 Å². The summed E-state index contributed by atoms with van der Waals surface area (Å²) in [4.78, 5) is 2.56. The Bertz CT molecular complexity index is 777. The minimum absolute atomic E-state index is 0.575. The summed E-state index contributed by atoms with van der Waals surface area (Å²) in [6, 6.07) is 16.3. The quantitative estimate of drug-likeness (QED) is 0.849. The molecule has 0 spiro atoms. The number of fused-ring (bicyclic) bond motifs is 1. The lowest BCUT2D eigenvalue weighted by Gasteiger charge is -2.26. The highest BCUT2D eigenvalue weighted by Gasteiger charge is 2.48. The molecule has 1 saturated heterocycles. The van der Waals surface area contributed by atoms with Crippen molar-refractivity contribution in [1.82, 2.24) is 4.90 Å². The smallest absolute Gasteiger partial charge is 0.119 e. The fraction of sp³-hybridized carbons (Fsp3) is 0.478. The topological polar surface area (TPSA) is 41.9 Å². The van der Waals surface area contributed by atoms with Gasteiger partial charge in [0, 0.05) is 19.6 Å². The molecule has 0 aromatic heterocycles. The molecule has 27 heavy (non-hydrogen) atoms. The number of ether oxygens (including phenoxy) is 2.